The van der Waals surface area contributed by atoms with Crippen LogP contribution in [0.5, 0.6) is 0 Å². The van der Waals surface area contributed by atoms with Crippen molar-refractivity contribution < 1.29 is 32.2 Å². The molecule has 1 N–H and O–H groups in total. The highest BCUT2D eigenvalue weighted by molar-refractivity contribution is 6.39. The second kappa shape index (κ2) is 11.3. The third-order valence-electron chi connectivity index (χ3n) is 4.53. The van der Waals surface area contributed by atoms with E-state index < -0.39 is 36.5 Å². The molecule has 178 valence electrons. The monoisotopic (exact) mass is 511 g/mol. The van der Waals surface area contributed by atoms with Gasteiger partial charge in [-0.05, 0) is 35.4 Å². The van der Waals surface area contributed by atoms with Gasteiger partial charge in [-0.25, -0.2) is 4.79 Å². The van der Waals surface area contributed by atoms with Crippen molar-refractivity contribution in [3.63, 3.8) is 0 Å². The Hall–Kier alpha value is -3.23. The number of para-hydroxylation sites is 1. The second-order valence-corrected chi connectivity index (χ2v) is 7.89. The van der Waals surface area contributed by atoms with Gasteiger partial charge in [0.1, 0.15) is 6.61 Å². The first-order valence-electron chi connectivity index (χ1n) is 9.90. The van der Waals surface area contributed by atoms with E-state index in [9.17, 15) is 22.8 Å². The van der Waals surface area contributed by atoms with Crippen LogP contribution in [-0.4, -0.2) is 18.2 Å². The van der Waals surface area contributed by atoms with Gasteiger partial charge in [0.25, 0.3) is 6.23 Å². The van der Waals surface area contributed by atoms with Gasteiger partial charge in [-0.15, -0.1) is 0 Å². The number of carbonyl (C=O) groups excluding carboxylic acids is 2. The lowest BCUT2D eigenvalue weighted by molar-refractivity contribution is -0.166. The van der Waals surface area contributed by atoms with Crippen LogP contribution in [0.2, 0.25) is 10.0 Å². The zero-order chi connectivity index (χ0) is 24.7. The fourth-order valence-corrected chi connectivity index (χ4v) is 3.41. The van der Waals surface area contributed by atoms with Crippen LogP contribution < -0.4 is 5.32 Å². The van der Waals surface area contributed by atoms with Gasteiger partial charge in [-0.2, -0.15) is 13.2 Å². The Labute approximate surface area is 203 Å². The molecule has 0 aromatic heterocycles. The van der Waals surface area contributed by atoms with Crippen LogP contribution in [-0.2, 0) is 38.3 Å². The van der Waals surface area contributed by atoms with Gasteiger partial charge in [0.05, 0.1) is 27.7 Å². The van der Waals surface area contributed by atoms with E-state index in [2.05, 4.69) is 5.32 Å². The van der Waals surface area contributed by atoms with Gasteiger partial charge in [-0.1, -0.05) is 71.7 Å². The summed E-state index contributed by atoms with van der Waals surface area (Å²) in [5.74, 6) is -1.79. The fourth-order valence-electron chi connectivity index (χ4n) is 2.91. The standard InChI is InChI=1S/C24H18Cl2F3NO4/c25-18-10-5-11-19(26)21(18)30-22(34-20(31)13-15-6-2-1-3-7-15)23(32)33-14-16-8-4-9-17(12-16)24(27,28)29/h1-12,22,30H,13-14H2. The SMILES string of the molecule is O=C(Cc1ccccc1)OC(Nc1c(Cl)cccc1Cl)C(=O)OCc1cccc(C(F)(F)F)c1. The van der Waals surface area contributed by atoms with E-state index in [0.717, 1.165) is 12.1 Å². The highest BCUT2D eigenvalue weighted by Gasteiger charge is 2.31. The summed E-state index contributed by atoms with van der Waals surface area (Å²) in [5, 5.41) is 2.95. The Morgan fingerprint density at radius 1 is 0.882 bits per heavy atom. The number of benzene rings is 3. The number of alkyl halides is 3. The largest absolute Gasteiger partial charge is 0.457 e. The van der Waals surface area contributed by atoms with Crippen LogP contribution in [0.1, 0.15) is 16.7 Å². The molecule has 0 aliphatic heterocycles. The molecule has 0 aliphatic rings. The topological polar surface area (TPSA) is 64.6 Å². The average Bonchev–Trinajstić information content (AvgIpc) is 2.79. The smallest absolute Gasteiger partial charge is 0.416 e. The van der Waals surface area contributed by atoms with Gasteiger partial charge in [0.2, 0.25) is 0 Å². The molecule has 0 fully saturated rings. The summed E-state index contributed by atoms with van der Waals surface area (Å²) < 4.78 is 49.2. The number of carbonyl (C=O) groups is 2. The average molecular weight is 512 g/mol. The molecule has 0 saturated heterocycles. The van der Waals surface area contributed by atoms with Crippen molar-refractivity contribution in [2.24, 2.45) is 0 Å². The third kappa shape index (κ3) is 7.13. The molecular formula is C24H18Cl2F3NO4. The van der Waals surface area contributed by atoms with Crippen LogP contribution in [0.4, 0.5) is 18.9 Å². The predicted octanol–water partition coefficient (Wildman–Crippen LogP) is 6.28. The Balaban J connectivity index is 1.75. The molecule has 3 aromatic rings. The Morgan fingerprint density at radius 2 is 1.50 bits per heavy atom. The minimum atomic E-state index is -4.54. The van der Waals surface area contributed by atoms with Crippen LogP contribution in [0.3, 0.4) is 0 Å². The maximum absolute atomic E-state index is 12.9. The number of nitrogens with one attached hydrogen (secondary N) is 1. The van der Waals surface area contributed by atoms with E-state index in [0.29, 0.717) is 5.56 Å². The van der Waals surface area contributed by atoms with Crippen molar-refractivity contribution in [1.29, 1.82) is 0 Å². The Kier molecular flexibility index (Phi) is 8.41. The van der Waals surface area contributed by atoms with E-state index in [-0.39, 0.29) is 27.7 Å². The summed E-state index contributed by atoms with van der Waals surface area (Å²) in [4.78, 5) is 25.2. The zero-order valence-corrected chi connectivity index (χ0v) is 19.0. The van der Waals surface area contributed by atoms with Crippen molar-refractivity contribution in [3.8, 4) is 0 Å². The first-order chi connectivity index (χ1) is 16.1. The van der Waals surface area contributed by atoms with E-state index in [1.807, 2.05) is 0 Å². The first-order valence-corrected chi connectivity index (χ1v) is 10.7. The quantitative estimate of drug-likeness (QED) is 0.284. The minimum Gasteiger partial charge on any atom is -0.457 e. The summed E-state index contributed by atoms with van der Waals surface area (Å²) in [7, 11) is 0. The van der Waals surface area contributed by atoms with Crippen molar-refractivity contribution in [1.82, 2.24) is 0 Å². The molecule has 0 amide bonds. The molecular weight excluding hydrogens is 494 g/mol. The number of rotatable bonds is 8. The Morgan fingerprint density at radius 3 is 2.15 bits per heavy atom. The van der Waals surface area contributed by atoms with Gasteiger partial charge >= 0.3 is 18.1 Å². The molecule has 5 nitrogen and oxygen atoms in total. The van der Waals surface area contributed by atoms with Crippen molar-refractivity contribution >= 4 is 40.8 Å². The maximum atomic E-state index is 12.9. The first kappa shape index (κ1) is 25.4. The Bertz CT molecular complexity index is 1140. The van der Waals surface area contributed by atoms with E-state index in [1.54, 1.807) is 36.4 Å². The number of halogens is 5. The lowest BCUT2D eigenvalue weighted by atomic mass is 10.1. The molecule has 0 radical (unpaired) electrons. The number of hydrogen-bond donors (Lipinski definition) is 1. The molecule has 3 rings (SSSR count). The molecule has 0 bridgehead atoms. The van der Waals surface area contributed by atoms with Gasteiger partial charge in [0, 0.05) is 0 Å². The highest BCUT2D eigenvalue weighted by Crippen LogP contribution is 2.31. The van der Waals surface area contributed by atoms with Crippen LogP contribution in [0.25, 0.3) is 0 Å². The third-order valence-corrected chi connectivity index (χ3v) is 5.16. The van der Waals surface area contributed by atoms with Crippen molar-refractivity contribution in [3.05, 3.63) is 99.5 Å². The lowest BCUT2D eigenvalue weighted by Crippen LogP contribution is -2.36. The molecule has 0 saturated carbocycles. The molecule has 34 heavy (non-hydrogen) atoms. The molecule has 1 unspecified atom stereocenters. The predicted molar refractivity (Wildman–Crippen MR) is 121 cm³/mol. The number of anilines is 1. The minimum absolute atomic E-state index is 0.105. The zero-order valence-electron chi connectivity index (χ0n) is 17.4. The summed E-state index contributed by atoms with van der Waals surface area (Å²) >= 11 is 12.3. The van der Waals surface area contributed by atoms with E-state index in [4.69, 9.17) is 32.7 Å². The molecule has 1 atom stereocenters. The molecule has 3 aromatic carbocycles. The molecule has 10 heteroatoms. The summed E-state index contributed by atoms with van der Waals surface area (Å²) in [6, 6.07) is 17.6. The van der Waals surface area contributed by atoms with Gasteiger partial charge in [-0.3, -0.25) is 4.79 Å². The molecule has 0 heterocycles. The van der Waals surface area contributed by atoms with Crippen LogP contribution >= 0.6 is 23.2 Å². The fraction of sp³-hybridized carbons (Fsp3) is 0.167. The molecule has 0 aliphatic carbocycles. The number of esters is 2. The van der Waals surface area contributed by atoms with Gasteiger partial charge < -0.3 is 14.8 Å². The number of hydrogen-bond acceptors (Lipinski definition) is 5. The maximum Gasteiger partial charge on any atom is 0.416 e. The van der Waals surface area contributed by atoms with Crippen molar-refractivity contribution in [2.75, 3.05) is 5.32 Å². The summed E-state index contributed by atoms with van der Waals surface area (Å²) in [6.07, 6.45) is -6.33. The van der Waals surface area contributed by atoms with Crippen molar-refractivity contribution in [2.45, 2.75) is 25.4 Å². The number of ether oxygens (including phenoxy) is 2. The lowest BCUT2D eigenvalue weighted by Gasteiger charge is -2.20. The van der Waals surface area contributed by atoms with E-state index in [1.165, 1.54) is 24.3 Å². The summed E-state index contributed by atoms with van der Waals surface area (Å²) in [6.45, 7) is -0.479. The second-order valence-electron chi connectivity index (χ2n) is 7.08. The normalized spacial score (nSPS) is 12.0. The van der Waals surface area contributed by atoms with Gasteiger partial charge in [0.15, 0.2) is 0 Å². The molecule has 0 spiro atoms. The highest BCUT2D eigenvalue weighted by atomic mass is 35.5. The van der Waals surface area contributed by atoms with Crippen LogP contribution in [0, 0.1) is 0 Å². The summed E-state index contributed by atoms with van der Waals surface area (Å²) in [5.41, 5.74) is -0.0000952. The van der Waals surface area contributed by atoms with Crippen LogP contribution in [0.15, 0.2) is 72.8 Å². The van der Waals surface area contributed by atoms with E-state index >= 15 is 0 Å².